The maximum atomic E-state index is 10.5. The highest BCUT2D eigenvalue weighted by atomic mass is 16.1. The molecular formula is C12H13NO. The lowest BCUT2D eigenvalue weighted by Gasteiger charge is -1.99. The summed E-state index contributed by atoms with van der Waals surface area (Å²) in [4.78, 5) is 13.7. The molecule has 1 heterocycles. The Hall–Kier alpha value is -1.57. The maximum Gasteiger partial charge on any atom is 0.124 e. The second-order valence-corrected chi connectivity index (χ2v) is 3.38. The van der Waals surface area contributed by atoms with Gasteiger partial charge in [0, 0.05) is 23.5 Å². The second-order valence-electron chi connectivity index (χ2n) is 3.38. The normalized spacial score (nSPS) is 10.6. The Balaban J connectivity index is 2.63. The highest BCUT2D eigenvalue weighted by Crippen LogP contribution is 2.21. The molecule has 0 saturated carbocycles. The highest BCUT2D eigenvalue weighted by molar-refractivity contribution is 5.87. The van der Waals surface area contributed by atoms with Gasteiger partial charge in [-0.05, 0) is 17.5 Å². The van der Waals surface area contributed by atoms with E-state index in [1.165, 1.54) is 16.5 Å². The van der Waals surface area contributed by atoms with Crippen LogP contribution in [0.25, 0.3) is 10.9 Å². The van der Waals surface area contributed by atoms with Crippen molar-refractivity contribution in [3.05, 3.63) is 35.5 Å². The molecule has 0 spiro atoms. The molecule has 0 fully saturated rings. The Bertz CT molecular complexity index is 456. The molecule has 72 valence electrons. The predicted octanol–water partition coefficient (Wildman–Crippen LogP) is 2.47. The average Bonchev–Trinajstić information content (AvgIpc) is 2.62. The summed E-state index contributed by atoms with van der Waals surface area (Å²) in [5.74, 6) is 0. The fourth-order valence-corrected chi connectivity index (χ4v) is 1.83. The molecule has 0 atom stereocenters. The fraction of sp³-hybridized carbons (Fsp3) is 0.250. The number of rotatable bonds is 3. The van der Waals surface area contributed by atoms with Gasteiger partial charge in [-0.2, -0.15) is 0 Å². The molecule has 0 amide bonds. The number of aldehydes is 1. The van der Waals surface area contributed by atoms with Crippen molar-refractivity contribution in [3.8, 4) is 0 Å². The van der Waals surface area contributed by atoms with Crippen molar-refractivity contribution in [3.63, 3.8) is 0 Å². The van der Waals surface area contributed by atoms with Crippen LogP contribution < -0.4 is 0 Å². The first-order chi connectivity index (χ1) is 6.86. The van der Waals surface area contributed by atoms with E-state index in [2.05, 4.69) is 24.0 Å². The van der Waals surface area contributed by atoms with E-state index < -0.39 is 0 Å². The number of carbonyl (C=O) groups excluding carboxylic acids is 1. The standard InChI is InChI=1S/C12H13NO/c1-2-9-4-3-5-11-10(6-7-14)8-13-12(9)11/h3-5,7-8,13H,2,6H2,1H3. The third-order valence-electron chi connectivity index (χ3n) is 2.57. The molecule has 0 unspecified atom stereocenters. The van der Waals surface area contributed by atoms with Crippen LogP contribution in [0.1, 0.15) is 18.1 Å². The SMILES string of the molecule is CCc1cccc2c(CC=O)c[nH]c12. The molecule has 14 heavy (non-hydrogen) atoms. The van der Waals surface area contributed by atoms with Gasteiger partial charge in [0.05, 0.1) is 0 Å². The molecule has 1 aromatic heterocycles. The van der Waals surface area contributed by atoms with Crippen molar-refractivity contribution >= 4 is 17.2 Å². The van der Waals surface area contributed by atoms with E-state index in [0.29, 0.717) is 6.42 Å². The summed E-state index contributed by atoms with van der Waals surface area (Å²) in [6.07, 6.45) is 4.38. The Morgan fingerprint density at radius 3 is 2.93 bits per heavy atom. The lowest BCUT2D eigenvalue weighted by atomic mass is 10.1. The van der Waals surface area contributed by atoms with Crippen LogP contribution in [0.5, 0.6) is 0 Å². The van der Waals surface area contributed by atoms with Gasteiger partial charge < -0.3 is 9.78 Å². The van der Waals surface area contributed by atoms with E-state index >= 15 is 0 Å². The van der Waals surface area contributed by atoms with Crippen LogP contribution in [0.3, 0.4) is 0 Å². The molecule has 1 aromatic carbocycles. The van der Waals surface area contributed by atoms with Crippen LogP contribution in [-0.2, 0) is 17.6 Å². The first-order valence-electron chi connectivity index (χ1n) is 4.88. The Morgan fingerprint density at radius 1 is 1.36 bits per heavy atom. The van der Waals surface area contributed by atoms with Crippen LogP contribution in [0, 0.1) is 0 Å². The second kappa shape index (κ2) is 3.66. The zero-order chi connectivity index (χ0) is 9.97. The molecule has 2 nitrogen and oxygen atoms in total. The predicted molar refractivity (Wildman–Crippen MR) is 57.4 cm³/mol. The Labute approximate surface area is 82.9 Å². The molecule has 2 heteroatoms. The van der Waals surface area contributed by atoms with Gasteiger partial charge in [-0.1, -0.05) is 25.1 Å². The number of aromatic amines is 1. The van der Waals surface area contributed by atoms with Gasteiger partial charge in [-0.15, -0.1) is 0 Å². The molecule has 0 bridgehead atoms. The van der Waals surface area contributed by atoms with Crippen molar-refractivity contribution < 1.29 is 4.79 Å². The molecule has 2 aromatic rings. The maximum absolute atomic E-state index is 10.5. The third kappa shape index (κ3) is 1.33. The number of para-hydroxylation sites is 1. The number of hydrogen-bond donors (Lipinski definition) is 1. The smallest absolute Gasteiger partial charge is 0.124 e. The summed E-state index contributed by atoms with van der Waals surface area (Å²) in [5.41, 5.74) is 3.57. The van der Waals surface area contributed by atoms with Crippen LogP contribution in [0.2, 0.25) is 0 Å². The molecule has 1 N–H and O–H groups in total. The monoisotopic (exact) mass is 187 g/mol. The van der Waals surface area contributed by atoms with E-state index in [-0.39, 0.29) is 0 Å². The van der Waals surface area contributed by atoms with Crippen molar-refractivity contribution in [2.45, 2.75) is 19.8 Å². The fourth-order valence-electron chi connectivity index (χ4n) is 1.83. The minimum atomic E-state index is 0.493. The molecule has 0 radical (unpaired) electrons. The number of H-pyrrole nitrogens is 1. The molecule has 0 aliphatic heterocycles. The molecule has 0 aliphatic carbocycles. The first-order valence-corrected chi connectivity index (χ1v) is 4.88. The number of nitrogens with one attached hydrogen (secondary N) is 1. The van der Waals surface area contributed by atoms with Gasteiger partial charge >= 0.3 is 0 Å². The topological polar surface area (TPSA) is 32.9 Å². The number of hydrogen-bond acceptors (Lipinski definition) is 1. The number of benzene rings is 1. The van der Waals surface area contributed by atoms with Gasteiger partial charge in [0.15, 0.2) is 0 Å². The summed E-state index contributed by atoms with van der Waals surface area (Å²) >= 11 is 0. The van der Waals surface area contributed by atoms with E-state index in [1.54, 1.807) is 0 Å². The van der Waals surface area contributed by atoms with E-state index in [0.717, 1.165) is 18.3 Å². The van der Waals surface area contributed by atoms with Crippen molar-refractivity contribution in [1.29, 1.82) is 0 Å². The average molecular weight is 187 g/mol. The number of carbonyl (C=O) groups is 1. The van der Waals surface area contributed by atoms with E-state index in [9.17, 15) is 4.79 Å². The highest BCUT2D eigenvalue weighted by Gasteiger charge is 2.05. The van der Waals surface area contributed by atoms with Crippen molar-refractivity contribution in [2.75, 3.05) is 0 Å². The third-order valence-corrected chi connectivity index (χ3v) is 2.57. The summed E-state index contributed by atoms with van der Waals surface area (Å²) in [6.45, 7) is 2.13. The van der Waals surface area contributed by atoms with E-state index in [4.69, 9.17) is 0 Å². The van der Waals surface area contributed by atoms with Crippen LogP contribution in [-0.4, -0.2) is 11.3 Å². The van der Waals surface area contributed by atoms with Gasteiger partial charge in [0.2, 0.25) is 0 Å². The first kappa shape index (κ1) is 9.00. The summed E-state index contributed by atoms with van der Waals surface area (Å²) in [5, 5.41) is 1.18. The van der Waals surface area contributed by atoms with Gasteiger partial charge in [0.25, 0.3) is 0 Å². The zero-order valence-corrected chi connectivity index (χ0v) is 8.21. The minimum Gasteiger partial charge on any atom is -0.361 e. The Kier molecular flexibility index (Phi) is 2.35. The van der Waals surface area contributed by atoms with E-state index in [1.807, 2.05) is 12.3 Å². The zero-order valence-electron chi connectivity index (χ0n) is 8.21. The summed E-state index contributed by atoms with van der Waals surface area (Å²) in [6, 6.07) is 6.22. The van der Waals surface area contributed by atoms with Gasteiger partial charge in [0.1, 0.15) is 6.29 Å². The lowest BCUT2D eigenvalue weighted by Crippen LogP contribution is -1.84. The number of aromatic nitrogens is 1. The van der Waals surface area contributed by atoms with Crippen LogP contribution in [0.4, 0.5) is 0 Å². The lowest BCUT2D eigenvalue weighted by molar-refractivity contribution is -0.107. The number of aryl methyl sites for hydroxylation is 1. The molecule has 0 aliphatic rings. The van der Waals surface area contributed by atoms with Crippen LogP contribution >= 0.6 is 0 Å². The van der Waals surface area contributed by atoms with Crippen molar-refractivity contribution in [2.24, 2.45) is 0 Å². The molecular weight excluding hydrogens is 174 g/mol. The minimum absolute atomic E-state index is 0.493. The van der Waals surface area contributed by atoms with Crippen molar-refractivity contribution in [1.82, 2.24) is 4.98 Å². The molecule has 0 saturated heterocycles. The van der Waals surface area contributed by atoms with Gasteiger partial charge in [-0.3, -0.25) is 0 Å². The number of fused-ring (bicyclic) bond motifs is 1. The summed E-state index contributed by atoms with van der Waals surface area (Å²) in [7, 11) is 0. The van der Waals surface area contributed by atoms with Gasteiger partial charge in [-0.25, -0.2) is 0 Å². The molecule has 2 rings (SSSR count). The quantitative estimate of drug-likeness (QED) is 0.736. The summed E-state index contributed by atoms with van der Waals surface area (Å²) < 4.78 is 0. The largest absolute Gasteiger partial charge is 0.361 e. The van der Waals surface area contributed by atoms with Crippen LogP contribution in [0.15, 0.2) is 24.4 Å². The Morgan fingerprint density at radius 2 is 2.21 bits per heavy atom.